The van der Waals surface area contributed by atoms with Gasteiger partial charge in [-0.05, 0) is 49.6 Å². The third kappa shape index (κ3) is 3.29. The number of halogens is 1. The molecule has 1 saturated heterocycles. The summed E-state index contributed by atoms with van der Waals surface area (Å²) < 4.78 is 33.1. The molecule has 2 aromatic carbocycles. The Bertz CT molecular complexity index is 805. The summed E-state index contributed by atoms with van der Waals surface area (Å²) in [6, 6.07) is 14.1. The summed E-state index contributed by atoms with van der Waals surface area (Å²) in [5.41, 5.74) is 0.978. The van der Waals surface area contributed by atoms with Crippen LogP contribution in [0.3, 0.4) is 0 Å². The molecule has 0 amide bonds. The molecule has 1 aliphatic rings. The molecule has 0 radical (unpaired) electrons. The van der Waals surface area contributed by atoms with E-state index in [1.54, 1.807) is 28.6 Å². The largest absolute Gasteiger partial charge is 0.494 e. The second-order valence-corrected chi connectivity index (χ2v) is 7.97. The molecule has 6 heteroatoms. The first kappa shape index (κ1) is 17.3. The minimum absolute atomic E-state index is 0.165. The molecule has 3 rings (SSSR count). The second kappa shape index (κ2) is 7.13. The van der Waals surface area contributed by atoms with E-state index < -0.39 is 10.0 Å². The van der Waals surface area contributed by atoms with Crippen LogP contribution in [0.1, 0.15) is 31.4 Å². The first-order valence-electron chi connectivity index (χ1n) is 8.03. The van der Waals surface area contributed by atoms with Gasteiger partial charge in [0.25, 0.3) is 0 Å². The van der Waals surface area contributed by atoms with Crippen LogP contribution in [0.5, 0.6) is 5.75 Å². The quantitative estimate of drug-likeness (QED) is 0.795. The predicted octanol–water partition coefficient (Wildman–Crippen LogP) is 4.26. The van der Waals surface area contributed by atoms with Crippen molar-refractivity contribution in [2.24, 2.45) is 0 Å². The van der Waals surface area contributed by atoms with Crippen LogP contribution < -0.4 is 4.74 Å². The summed E-state index contributed by atoms with van der Waals surface area (Å²) in [4.78, 5) is 0.171. The van der Waals surface area contributed by atoms with Gasteiger partial charge < -0.3 is 4.74 Å². The van der Waals surface area contributed by atoms with Gasteiger partial charge in [0, 0.05) is 6.54 Å². The van der Waals surface area contributed by atoms with Gasteiger partial charge in [-0.25, -0.2) is 8.42 Å². The zero-order chi connectivity index (χ0) is 17.2. The molecule has 0 aromatic heterocycles. The van der Waals surface area contributed by atoms with Crippen molar-refractivity contribution in [3.8, 4) is 5.75 Å². The maximum absolute atomic E-state index is 13.0. The predicted molar refractivity (Wildman–Crippen MR) is 94.9 cm³/mol. The van der Waals surface area contributed by atoms with Gasteiger partial charge in [-0.15, -0.1) is 0 Å². The minimum Gasteiger partial charge on any atom is -0.494 e. The van der Waals surface area contributed by atoms with Crippen LogP contribution >= 0.6 is 11.6 Å². The Labute approximate surface area is 148 Å². The molecule has 0 aliphatic carbocycles. The lowest BCUT2D eigenvalue weighted by Crippen LogP contribution is -2.30. The number of ether oxygens (including phenoxy) is 1. The molecule has 128 valence electrons. The van der Waals surface area contributed by atoms with Gasteiger partial charge in [0.2, 0.25) is 10.0 Å². The van der Waals surface area contributed by atoms with E-state index in [1.807, 2.05) is 31.2 Å². The van der Waals surface area contributed by atoms with Crippen LogP contribution in [0, 0.1) is 0 Å². The van der Waals surface area contributed by atoms with Gasteiger partial charge in [0.05, 0.1) is 17.7 Å². The van der Waals surface area contributed by atoms with Crippen molar-refractivity contribution in [1.29, 1.82) is 0 Å². The van der Waals surface area contributed by atoms with Crippen molar-refractivity contribution < 1.29 is 13.2 Å². The highest BCUT2D eigenvalue weighted by Gasteiger charge is 2.37. The summed E-state index contributed by atoms with van der Waals surface area (Å²) in [7, 11) is -3.62. The van der Waals surface area contributed by atoms with Gasteiger partial charge in [-0.2, -0.15) is 4.31 Å². The van der Waals surface area contributed by atoms with Crippen molar-refractivity contribution in [2.45, 2.75) is 30.7 Å². The maximum Gasteiger partial charge on any atom is 0.245 e. The normalized spacial score (nSPS) is 18.7. The lowest BCUT2D eigenvalue weighted by molar-refractivity contribution is 0.339. The molecule has 1 heterocycles. The zero-order valence-corrected chi connectivity index (χ0v) is 15.1. The highest BCUT2D eigenvalue weighted by molar-refractivity contribution is 7.89. The average Bonchev–Trinajstić information content (AvgIpc) is 3.06. The lowest BCUT2D eigenvalue weighted by Gasteiger charge is -2.25. The Morgan fingerprint density at radius 3 is 2.54 bits per heavy atom. The smallest absolute Gasteiger partial charge is 0.245 e. The standard InChI is InChI=1S/C18H20ClNO3S/c1-2-23-15-11-9-14(10-12-15)17-7-5-13-20(17)24(21,22)18-8-4-3-6-16(18)19/h3-4,6,8-12,17H,2,5,7,13H2,1H3/t17-/m0/s1. The first-order valence-corrected chi connectivity index (χ1v) is 9.85. The average molecular weight is 366 g/mol. The molecule has 0 N–H and O–H groups in total. The van der Waals surface area contributed by atoms with Gasteiger partial charge in [0.1, 0.15) is 10.6 Å². The summed E-state index contributed by atoms with van der Waals surface area (Å²) >= 11 is 6.11. The Balaban J connectivity index is 1.91. The van der Waals surface area contributed by atoms with E-state index in [2.05, 4.69) is 0 Å². The van der Waals surface area contributed by atoms with Crippen LogP contribution in [-0.4, -0.2) is 25.9 Å². The van der Waals surface area contributed by atoms with E-state index in [9.17, 15) is 8.42 Å². The van der Waals surface area contributed by atoms with E-state index in [1.165, 1.54) is 0 Å². The summed E-state index contributed by atoms with van der Waals surface area (Å²) in [5, 5.41) is 0.259. The number of nitrogens with zero attached hydrogens (tertiary/aromatic N) is 1. The number of hydrogen-bond acceptors (Lipinski definition) is 3. The van der Waals surface area contributed by atoms with Gasteiger partial charge in [-0.1, -0.05) is 35.9 Å². The lowest BCUT2D eigenvalue weighted by atomic mass is 10.1. The van der Waals surface area contributed by atoms with E-state index in [4.69, 9.17) is 16.3 Å². The van der Waals surface area contributed by atoms with Crippen molar-refractivity contribution in [3.63, 3.8) is 0 Å². The molecule has 0 spiro atoms. The topological polar surface area (TPSA) is 46.6 Å². The first-order chi connectivity index (χ1) is 11.5. The van der Waals surface area contributed by atoms with Crippen LogP contribution in [-0.2, 0) is 10.0 Å². The SMILES string of the molecule is CCOc1ccc([C@@H]2CCCN2S(=O)(=O)c2ccccc2Cl)cc1. The fourth-order valence-electron chi connectivity index (χ4n) is 3.09. The highest BCUT2D eigenvalue weighted by atomic mass is 35.5. The Morgan fingerprint density at radius 2 is 1.88 bits per heavy atom. The fourth-order valence-corrected chi connectivity index (χ4v) is 5.27. The third-order valence-electron chi connectivity index (χ3n) is 4.20. The molecule has 2 aromatic rings. The second-order valence-electron chi connectivity index (χ2n) is 5.71. The maximum atomic E-state index is 13.0. The molecular formula is C18H20ClNO3S. The van der Waals surface area contributed by atoms with Crippen molar-refractivity contribution in [3.05, 3.63) is 59.1 Å². The highest BCUT2D eigenvalue weighted by Crippen LogP contribution is 2.38. The number of sulfonamides is 1. The molecule has 24 heavy (non-hydrogen) atoms. The molecule has 1 fully saturated rings. The van der Waals surface area contributed by atoms with E-state index in [-0.39, 0.29) is 16.0 Å². The van der Waals surface area contributed by atoms with E-state index in [0.29, 0.717) is 13.2 Å². The molecular weight excluding hydrogens is 346 g/mol. The molecule has 1 aliphatic heterocycles. The summed E-state index contributed by atoms with van der Waals surface area (Å²) in [6.45, 7) is 3.05. The van der Waals surface area contributed by atoms with Crippen molar-refractivity contribution in [2.75, 3.05) is 13.2 Å². The summed E-state index contributed by atoms with van der Waals surface area (Å²) in [5.74, 6) is 0.791. The number of hydrogen-bond donors (Lipinski definition) is 0. The third-order valence-corrected chi connectivity index (χ3v) is 6.61. The van der Waals surface area contributed by atoms with Crippen molar-refractivity contribution in [1.82, 2.24) is 4.31 Å². The van der Waals surface area contributed by atoms with Crippen LogP contribution in [0.4, 0.5) is 0 Å². The van der Waals surface area contributed by atoms with Crippen molar-refractivity contribution >= 4 is 21.6 Å². The van der Waals surface area contributed by atoms with Gasteiger partial charge in [0.15, 0.2) is 0 Å². The number of rotatable bonds is 5. The van der Waals surface area contributed by atoms with Crippen LogP contribution in [0.15, 0.2) is 53.4 Å². The minimum atomic E-state index is -3.62. The molecule has 1 atom stereocenters. The zero-order valence-electron chi connectivity index (χ0n) is 13.5. The Hall–Kier alpha value is -1.56. The molecule has 0 unspecified atom stereocenters. The molecule has 4 nitrogen and oxygen atoms in total. The Morgan fingerprint density at radius 1 is 1.17 bits per heavy atom. The van der Waals surface area contributed by atoms with Gasteiger partial charge >= 0.3 is 0 Å². The number of benzene rings is 2. The monoisotopic (exact) mass is 365 g/mol. The van der Waals surface area contributed by atoms with Crippen LogP contribution in [0.2, 0.25) is 5.02 Å². The summed E-state index contributed by atoms with van der Waals surface area (Å²) in [6.07, 6.45) is 1.64. The van der Waals surface area contributed by atoms with Crippen LogP contribution in [0.25, 0.3) is 0 Å². The molecule has 0 saturated carbocycles. The molecule has 0 bridgehead atoms. The fraction of sp³-hybridized carbons (Fsp3) is 0.333. The van der Waals surface area contributed by atoms with E-state index in [0.717, 1.165) is 24.2 Å². The Kier molecular flexibility index (Phi) is 5.13. The van der Waals surface area contributed by atoms with Gasteiger partial charge in [-0.3, -0.25) is 0 Å². The van der Waals surface area contributed by atoms with E-state index >= 15 is 0 Å².